The first kappa shape index (κ1) is 15.4. The molecule has 2 rings (SSSR count). The number of aliphatic imine (C=N–C) groups is 1. The molecule has 1 aromatic carbocycles. The van der Waals surface area contributed by atoms with Gasteiger partial charge in [-0.15, -0.1) is 0 Å². The molecule has 0 saturated heterocycles. The molecule has 2 N–H and O–H groups in total. The van der Waals surface area contributed by atoms with Crippen molar-refractivity contribution >= 4 is 22.9 Å². The van der Waals surface area contributed by atoms with Crippen LogP contribution in [-0.4, -0.2) is 24.9 Å². The molecule has 5 nitrogen and oxygen atoms in total. The summed E-state index contributed by atoms with van der Waals surface area (Å²) in [6.45, 7) is 3.88. The van der Waals surface area contributed by atoms with Crippen molar-refractivity contribution in [1.82, 2.24) is 0 Å². The lowest BCUT2D eigenvalue weighted by Gasteiger charge is -2.23. The molecule has 21 heavy (non-hydrogen) atoms. The Balaban J connectivity index is 2.39. The summed E-state index contributed by atoms with van der Waals surface area (Å²) < 4.78 is 10.3. The van der Waals surface area contributed by atoms with Crippen molar-refractivity contribution in [3.05, 3.63) is 41.1 Å². The van der Waals surface area contributed by atoms with Crippen molar-refractivity contribution in [1.29, 1.82) is 0 Å². The summed E-state index contributed by atoms with van der Waals surface area (Å²) in [6.07, 6.45) is 0. The Kier molecular flexibility index (Phi) is 4.90. The summed E-state index contributed by atoms with van der Waals surface area (Å²) in [5.41, 5.74) is 7.95. The van der Waals surface area contributed by atoms with Gasteiger partial charge in [-0.2, -0.15) is 0 Å². The molecular weight excluding hydrogens is 288 g/mol. The molecule has 0 spiro atoms. The minimum atomic E-state index is -0.348. The Morgan fingerprint density at radius 2 is 2.05 bits per heavy atom. The summed E-state index contributed by atoms with van der Waals surface area (Å²) in [7, 11) is 1.61. The molecule has 1 aliphatic heterocycles. The van der Waals surface area contributed by atoms with E-state index >= 15 is 0 Å². The zero-order valence-corrected chi connectivity index (χ0v) is 13.1. The van der Waals surface area contributed by atoms with Crippen molar-refractivity contribution in [2.24, 2.45) is 10.7 Å². The van der Waals surface area contributed by atoms with Crippen LogP contribution in [0, 0.1) is 0 Å². The van der Waals surface area contributed by atoms with Gasteiger partial charge in [-0.25, -0.2) is 9.79 Å². The van der Waals surface area contributed by atoms with Crippen LogP contribution in [0.4, 0.5) is 0 Å². The van der Waals surface area contributed by atoms with Crippen molar-refractivity contribution in [2.75, 3.05) is 13.7 Å². The number of carbonyl (C=O) groups excluding carboxylic acids is 1. The van der Waals surface area contributed by atoms with Crippen LogP contribution in [0.5, 0.6) is 5.75 Å². The van der Waals surface area contributed by atoms with Crippen molar-refractivity contribution < 1.29 is 14.3 Å². The van der Waals surface area contributed by atoms with E-state index in [2.05, 4.69) is 4.99 Å². The molecule has 0 amide bonds. The molecule has 1 aliphatic rings. The Bertz CT molecular complexity index is 593. The van der Waals surface area contributed by atoms with Crippen LogP contribution in [0.1, 0.15) is 24.7 Å². The highest BCUT2D eigenvalue weighted by molar-refractivity contribution is 8.14. The quantitative estimate of drug-likeness (QED) is 0.866. The second-order valence-electron chi connectivity index (χ2n) is 4.44. The largest absolute Gasteiger partial charge is 0.497 e. The number of hydrogen-bond donors (Lipinski definition) is 1. The SMILES string of the molecule is CCOC(=O)C1=C(C)N=C(N)SC1c1ccc(OC)cc1. The van der Waals surface area contributed by atoms with E-state index in [1.54, 1.807) is 21.0 Å². The van der Waals surface area contributed by atoms with Gasteiger partial charge in [0.15, 0.2) is 5.17 Å². The van der Waals surface area contributed by atoms with Gasteiger partial charge in [0.1, 0.15) is 5.75 Å². The van der Waals surface area contributed by atoms with Crippen LogP contribution >= 0.6 is 11.8 Å². The molecule has 0 radical (unpaired) electrons. The maximum atomic E-state index is 12.2. The molecule has 0 fully saturated rings. The van der Waals surface area contributed by atoms with E-state index in [0.717, 1.165) is 11.3 Å². The van der Waals surface area contributed by atoms with E-state index in [-0.39, 0.29) is 11.2 Å². The van der Waals surface area contributed by atoms with Gasteiger partial charge in [0.05, 0.1) is 30.2 Å². The van der Waals surface area contributed by atoms with Gasteiger partial charge in [0, 0.05) is 0 Å². The van der Waals surface area contributed by atoms with Crippen molar-refractivity contribution in [2.45, 2.75) is 19.1 Å². The first-order valence-corrected chi connectivity index (χ1v) is 7.47. The van der Waals surface area contributed by atoms with Gasteiger partial charge in [0.2, 0.25) is 0 Å². The number of benzene rings is 1. The summed E-state index contributed by atoms with van der Waals surface area (Å²) in [4.78, 5) is 16.4. The molecule has 112 valence electrons. The molecule has 0 aliphatic carbocycles. The monoisotopic (exact) mass is 306 g/mol. The Morgan fingerprint density at radius 3 is 2.62 bits per heavy atom. The Morgan fingerprint density at radius 1 is 1.38 bits per heavy atom. The minimum Gasteiger partial charge on any atom is -0.497 e. The number of ether oxygens (including phenoxy) is 2. The van der Waals surface area contributed by atoms with Gasteiger partial charge in [0.25, 0.3) is 0 Å². The van der Waals surface area contributed by atoms with Gasteiger partial charge in [-0.1, -0.05) is 23.9 Å². The highest BCUT2D eigenvalue weighted by Gasteiger charge is 2.31. The molecule has 1 atom stereocenters. The van der Waals surface area contributed by atoms with Crippen LogP contribution in [-0.2, 0) is 9.53 Å². The van der Waals surface area contributed by atoms with Crippen molar-refractivity contribution in [3.8, 4) is 5.75 Å². The van der Waals surface area contributed by atoms with Gasteiger partial charge < -0.3 is 15.2 Å². The highest BCUT2D eigenvalue weighted by Crippen LogP contribution is 2.41. The lowest BCUT2D eigenvalue weighted by molar-refractivity contribution is -0.138. The second kappa shape index (κ2) is 6.67. The van der Waals surface area contributed by atoms with E-state index < -0.39 is 0 Å². The zero-order valence-electron chi connectivity index (χ0n) is 12.3. The Labute approximate surface area is 128 Å². The predicted octanol–water partition coefficient (Wildman–Crippen LogP) is 2.63. The summed E-state index contributed by atoms with van der Waals surface area (Å²) in [5, 5.41) is 0.230. The van der Waals surface area contributed by atoms with Crippen LogP contribution in [0.25, 0.3) is 0 Å². The van der Waals surface area contributed by atoms with E-state index in [1.807, 2.05) is 24.3 Å². The zero-order chi connectivity index (χ0) is 15.4. The molecule has 1 unspecified atom stereocenters. The van der Waals surface area contributed by atoms with E-state index in [0.29, 0.717) is 23.0 Å². The van der Waals surface area contributed by atoms with Crippen LogP contribution in [0.15, 0.2) is 40.5 Å². The summed E-state index contributed by atoms with van der Waals surface area (Å²) in [6, 6.07) is 7.55. The number of thioether (sulfide) groups is 1. The first-order chi connectivity index (χ1) is 10.1. The fourth-order valence-corrected chi connectivity index (χ4v) is 3.21. The van der Waals surface area contributed by atoms with E-state index in [1.165, 1.54) is 11.8 Å². The number of nitrogens with zero attached hydrogens (tertiary/aromatic N) is 1. The molecule has 6 heteroatoms. The van der Waals surface area contributed by atoms with Crippen LogP contribution < -0.4 is 10.5 Å². The molecule has 0 aromatic heterocycles. The number of nitrogens with two attached hydrogens (primary N) is 1. The van der Waals surface area contributed by atoms with Gasteiger partial charge in [-0.3, -0.25) is 0 Å². The number of allylic oxidation sites excluding steroid dienone is 1. The fraction of sp³-hybridized carbons (Fsp3) is 0.333. The van der Waals surface area contributed by atoms with Gasteiger partial charge >= 0.3 is 5.97 Å². The smallest absolute Gasteiger partial charge is 0.337 e. The standard InChI is InChI=1S/C15H18N2O3S/c1-4-20-14(18)12-9(2)17-15(16)21-13(12)10-5-7-11(19-3)8-6-10/h5-8,13H,4H2,1-3H3,(H2,16,17). The third-order valence-electron chi connectivity index (χ3n) is 3.08. The number of hydrogen-bond acceptors (Lipinski definition) is 6. The number of rotatable bonds is 4. The summed E-state index contributed by atoms with van der Waals surface area (Å²) >= 11 is 1.35. The average Bonchev–Trinajstić information content (AvgIpc) is 2.46. The Hall–Kier alpha value is -1.95. The molecule has 0 saturated carbocycles. The van der Waals surface area contributed by atoms with Gasteiger partial charge in [-0.05, 0) is 31.5 Å². The molecule has 1 heterocycles. The second-order valence-corrected chi connectivity index (χ2v) is 5.57. The lowest BCUT2D eigenvalue weighted by Crippen LogP contribution is -2.22. The first-order valence-electron chi connectivity index (χ1n) is 6.59. The van der Waals surface area contributed by atoms with E-state index in [9.17, 15) is 4.79 Å². The topological polar surface area (TPSA) is 73.9 Å². The molecular formula is C15H18N2O3S. The van der Waals surface area contributed by atoms with Crippen LogP contribution in [0.3, 0.4) is 0 Å². The number of methoxy groups -OCH3 is 1. The highest BCUT2D eigenvalue weighted by atomic mass is 32.2. The maximum Gasteiger partial charge on any atom is 0.337 e. The number of esters is 1. The van der Waals surface area contributed by atoms with Crippen molar-refractivity contribution in [3.63, 3.8) is 0 Å². The normalized spacial score (nSPS) is 18.2. The fourth-order valence-electron chi connectivity index (χ4n) is 2.10. The number of amidine groups is 1. The third kappa shape index (κ3) is 3.39. The van der Waals surface area contributed by atoms with Crippen LogP contribution in [0.2, 0.25) is 0 Å². The maximum absolute atomic E-state index is 12.2. The number of carbonyl (C=O) groups is 1. The third-order valence-corrected chi connectivity index (χ3v) is 4.16. The molecule has 1 aromatic rings. The minimum absolute atomic E-state index is 0.215. The predicted molar refractivity (Wildman–Crippen MR) is 84.3 cm³/mol. The summed E-state index contributed by atoms with van der Waals surface area (Å²) in [5.74, 6) is 0.416. The average molecular weight is 306 g/mol. The molecule has 0 bridgehead atoms. The lowest BCUT2D eigenvalue weighted by atomic mass is 10.0. The van der Waals surface area contributed by atoms with E-state index in [4.69, 9.17) is 15.2 Å².